The molecule has 0 radical (unpaired) electrons. The van der Waals surface area contributed by atoms with Crippen molar-refractivity contribution in [1.29, 1.82) is 0 Å². The van der Waals surface area contributed by atoms with Crippen molar-refractivity contribution in [1.82, 2.24) is 0 Å². The van der Waals surface area contributed by atoms with Gasteiger partial charge in [0.05, 0.1) is 13.2 Å². The van der Waals surface area contributed by atoms with E-state index in [0.717, 1.165) is 81.4 Å². The zero-order valence-electron chi connectivity index (χ0n) is 21.6. The van der Waals surface area contributed by atoms with Crippen molar-refractivity contribution in [2.75, 3.05) is 57.8 Å². The van der Waals surface area contributed by atoms with E-state index in [1.54, 1.807) is 4.90 Å². The molecule has 0 aliphatic rings. The van der Waals surface area contributed by atoms with E-state index in [2.05, 4.69) is 13.8 Å². The zero-order chi connectivity index (χ0) is 25.1. The summed E-state index contributed by atoms with van der Waals surface area (Å²) in [4.78, 5) is 1.59. The first-order valence-electron chi connectivity index (χ1n) is 13.1. The van der Waals surface area contributed by atoms with Gasteiger partial charge in [0.2, 0.25) is 0 Å². The number of aliphatic hydroxyl groups is 2. The molecule has 0 saturated heterocycles. The van der Waals surface area contributed by atoms with Crippen molar-refractivity contribution in [2.45, 2.75) is 64.8 Å². The number of hydrogen-bond donors (Lipinski definition) is 2. The number of fused-ring (bicyclic) bond motifs is 1. The molecule has 7 nitrogen and oxygen atoms in total. The highest BCUT2D eigenvalue weighted by atomic mass is 16.5. The van der Waals surface area contributed by atoms with E-state index in [9.17, 15) is 10.2 Å². The number of hydrogen-bond acceptors (Lipinski definition) is 7. The Morgan fingerprint density at radius 2 is 1.11 bits per heavy atom. The summed E-state index contributed by atoms with van der Waals surface area (Å²) in [7, 11) is 0. The van der Waals surface area contributed by atoms with E-state index in [0.29, 0.717) is 13.2 Å². The van der Waals surface area contributed by atoms with E-state index in [1.165, 1.54) is 0 Å². The van der Waals surface area contributed by atoms with E-state index in [1.807, 2.05) is 42.5 Å². The number of anilines is 1. The summed E-state index contributed by atoms with van der Waals surface area (Å²) in [5.74, 6) is 0. The molecule has 0 heterocycles. The predicted octanol–water partition coefficient (Wildman–Crippen LogP) is 4.73. The maximum atomic E-state index is 11.0. The molecule has 2 atom stereocenters. The molecule has 0 aliphatic carbocycles. The number of ether oxygens (including phenoxy) is 4. The minimum atomic E-state index is -1.02. The molecule has 35 heavy (non-hydrogen) atoms. The third kappa shape index (κ3) is 11.2. The smallest absolute Gasteiger partial charge is 0.152 e. The maximum absolute atomic E-state index is 11.0. The average Bonchev–Trinajstić information content (AvgIpc) is 2.87. The molecule has 0 amide bonds. The second kappa shape index (κ2) is 18.5. The maximum Gasteiger partial charge on any atom is 0.152 e. The standard InChI is InChI=1S/C28H45NO6/c1-3-16-32-18-7-9-20-34-22-27(30)29(26-15-11-13-24-12-5-6-14-25(24)26)28(31)23-35-21-10-8-19-33-17-4-2/h5-6,11-15,27-28,30-31H,3-4,7-10,16-23H2,1-2H3. The molecular weight excluding hydrogens is 446 g/mol. The van der Waals surface area contributed by atoms with Crippen LogP contribution in [-0.2, 0) is 18.9 Å². The number of benzene rings is 2. The van der Waals surface area contributed by atoms with E-state index >= 15 is 0 Å². The summed E-state index contributed by atoms with van der Waals surface area (Å²) in [5.41, 5.74) is 0.747. The number of unbranched alkanes of at least 4 members (excludes halogenated alkanes) is 2. The van der Waals surface area contributed by atoms with Crippen LogP contribution in [0.25, 0.3) is 10.8 Å². The average molecular weight is 492 g/mol. The minimum absolute atomic E-state index is 0.0882. The van der Waals surface area contributed by atoms with Crippen molar-refractivity contribution >= 4 is 16.5 Å². The molecule has 0 aromatic heterocycles. The van der Waals surface area contributed by atoms with Gasteiger partial charge in [0.1, 0.15) is 0 Å². The van der Waals surface area contributed by atoms with Crippen LogP contribution in [-0.4, -0.2) is 75.5 Å². The van der Waals surface area contributed by atoms with Crippen LogP contribution in [0, 0.1) is 0 Å². The van der Waals surface area contributed by atoms with Crippen molar-refractivity contribution in [3.8, 4) is 0 Å². The molecule has 2 aromatic rings. The fourth-order valence-corrected chi connectivity index (χ4v) is 3.80. The van der Waals surface area contributed by atoms with Gasteiger partial charge in [0.25, 0.3) is 0 Å². The van der Waals surface area contributed by atoms with Gasteiger partial charge in [-0.25, -0.2) is 0 Å². The number of aliphatic hydroxyl groups excluding tert-OH is 2. The largest absolute Gasteiger partial charge is 0.381 e. The third-order valence-corrected chi connectivity index (χ3v) is 5.57. The summed E-state index contributed by atoms with van der Waals surface area (Å²) in [5, 5.41) is 24.1. The Bertz CT molecular complexity index is 758. The van der Waals surface area contributed by atoms with Gasteiger partial charge < -0.3 is 34.1 Å². The second-order valence-corrected chi connectivity index (χ2v) is 8.66. The molecule has 2 N–H and O–H groups in total. The molecule has 0 spiro atoms. The Kier molecular flexibility index (Phi) is 15.6. The van der Waals surface area contributed by atoms with Gasteiger partial charge in [-0.2, -0.15) is 0 Å². The highest BCUT2D eigenvalue weighted by Gasteiger charge is 2.25. The van der Waals surface area contributed by atoms with Gasteiger partial charge in [-0.3, -0.25) is 0 Å². The van der Waals surface area contributed by atoms with Crippen LogP contribution in [0.5, 0.6) is 0 Å². The van der Waals surface area contributed by atoms with Crippen molar-refractivity contribution in [3.05, 3.63) is 42.5 Å². The van der Waals surface area contributed by atoms with E-state index in [-0.39, 0.29) is 13.2 Å². The molecule has 0 bridgehead atoms. The summed E-state index contributed by atoms with van der Waals surface area (Å²) in [6.45, 7) is 8.44. The predicted molar refractivity (Wildman–Crippen MR) is 141 cm³/mol. The van der Waals surface area contributed by atoms with Gasteiger partial charge in [-0.05, 0) is 50.0 Å². The van der Waals surface area contributed by atoms with Gasteiger partial charge >= 0.3 is 0 Å². The Morgan fingerprint density at radius 1 is 0.629 bits per heavy atom. The van der Waals surface area contributed by atoms with Crippen LogP contribution < -0.4 is 4.90 Å². The van der Waals surface area contributed by atoms with Gasteiger partial charge in [0, 0.05) is 50.7 Å². The van der Waals surface area contributed by atoms with Crippen LogP contribution in [0.4, 0.5) is 5.69 Å². The SMILES string of the molecule is CCCOCCCCOCC(O)N(c1cccc2ccccc12)C(O)COCCCCOCCC. The molecule has 2 aromatic carbocycles. The lowest BCUT2D eigenvalue weighted by atomic mass is 10.1. The van der Waals surface area contributed by atoms with E-state index in [4.69, 9.17) is 18.9 Å². The molecule has 198 valence electrons. The van der Waals surface area contributed by atoms with Crippen molar-refractivity contribution in [2.24, 2.45) is 0 Å². The number of rotatable bonds is 21. The first-order valence-corrected chi connectivity index (χ1v) is 13.1. The van der Waals surface area contributed by atoms with Crippen LogP contribution in [0.3, 0.4) is 0 Å². The Morgan fingerprint density at radius 3 is 1.66 bits per heavy atom. The number of nitrogens with zero attached hydrogens (tertiary/aromatic N) is 1. The van der Waals surface area contributed by atoms with Crippen LogP contribution in [0.15, 0.2) is 42.5 Å². The summed E-state index contributed by atoms with van der Waals surface area (Å²) >= 11 is 0. The summed E-state index contributed by atoms with van der Waals surface area (Å²) in [6.07, 6.45) is 3.57. The quantitative estimate of drug-likeness (QED) is 0.193. The van der Waals surface area contributed by atoms with Crippen molar-refractivity contribution < 1.29 is 29.2 Å². The molecule has 2 unspecified atom stereocenters. The molecule has 7 heteroatoms. The third-order valence-electron chi connectivity index (χ3n) is 5.57. The lowest BCUT2D eigenvalue weighted by Gasteiger charge is -2.35. The Hall–Kier alpha value is -1.74. The second-order valence-electron chi connectivity index (χ2n) is 8.66. The minimum Gasteiger partial charge on any atom is -0.381 e. The topological polar surface area (TPSA) is 80.6 Å². The normalized spacial score (nSPS) is 13.3. The molecule has 0 aliphatic heterocycles. The lowest BCUT2D eigenvalue weighted by molar-refractivity contribution is -0.0199. The Balaban J connectivity index is 1.91. The van der Waals surface area contributed by atoms with Crippen LogP contribution >= 0.6 is 0 Å². The molecule has 2 rings (SSSR count). The van der Waals surface area contributed by atoms with Crippen LogP contribution in [0.2, 0.25) is 0 Å². The lowest BCUT2D eigenvalue weighted by Crippen LogP contribution is -2.48. The molecule has 0 saturated carbocycles. The van der Waals surface area contributed by atoms with Gasteiger partial charge in [0.15, 0.2) is 12.5 Å². The van der Waals surface area contributed by atoms with Crippen molar-refractivity contribution in [3.63, 3.8) is 0 Å². The monoisotopic (exact) mass is 491 g/mol. The highest BCUT2D eigenvalue weighted by molar-refractivity contribution is 5.94. The first kappa shape index (κ1) is 29.5. The fourth-order valence-electron chi connectivity index (χ4n) is 3.80. The van der Waals surface area contributed by atoms with Crippen LogP contribution in [0.1, 0.15) is 52.4 Å². The molecular formula is C28H45NO6. The highest BCUT2D eigenvalue weighted by Crippen LogP contribution is 2.29. The fraction of sp³-hybridized carbons (Fsp3) is 0.643. The van der Waals surface area contributed by atoms with Gasteiger partial charge in [-0.15, -0.1) is 0 Å². The molecule has 0 fully saturated rings. The zero-order valence-corrected chi connectivity index (χ0v) is 21.6. The first-order chi connectivity index (χ1) is 17.2. The van der Waals surface area contributed by atoms with Gasteiger partial charge in [-0.1, -0.05) is 50.2 Å². The Labute approximate surface area is 210 Å². The van der Waals surface area contributed by atoms with E-state index < -0.39 is 12.5 Å². The summed E-state index contributed by atoms with van der Waals surface area (Å²) in [6, 6.07) is 13.8. The summed E-state index contributed by atoms with van der Waals surface area (Å²) < 4.78 is 22.5.